The molecule has 0 aliphatic rings. The van der Waals surface area contributed by atoms with Gasteiger partial charge in [0, 0.05) is 16.6 Å². The van der Waals surface area contributed by atoms with Gasteiger partial charge in [-0.25, -0.2) is 0 Å². The molecule has 0 radical (unpaired) electrons. The van der Waals surface area contributed by atoms with Crippen molar-refractivity contribution in [2.45, 2.75) is 12.3 Å². The van der Waals surface area contributed by atoms with Gasteiger partial charge >= 0.3 is 0 Å². The minimum Gasteiger partial charge on any atom is -0.322 e. The molecule has 1 N–H and O–H groups in total. The average Bonchev–Trinajstić information content (AvgIpc) is 2.40. The molecule has 0 aliphatic heterocycles. The maximum atomic E-state index is 12.0. The van der Waals surface area contributed by atoms with Crippen LogP contribution in [0.1, 0.15) is 21.5 Å². The van der Waals surface area contributed by atoms with Crippen LogP contribution in [0.4, 0.5) is 5.69 Å². The molecule has 2 rings (SSSR count). The fraction of sp³-hybridized carbons (Fsp3) is 0.133. The number of rotatable bonds is 3. The molecule has 0 saturated carbocycles. The van der Waals surface area contributed by atoms with Gasteiger partial charge in [-0.15, -0.1) is 0 Å². The van der Waals surface area contributed by atoms with Crippen LogP contribution in [-0.4, -0.2) is 5.91 Å². The monoisotopic (exact) mass is 303 g/mol. The lowest BCUT2D eigenvalue weighted by molar-refractivity contribution is 0.102. The maximum absolute atomic E-state index is 12.0. The number of carbonyl (C=O) groups excluding carboxylic acids is 1. The molecule has 2 aromatic rings. The molecular weight excluding hydrogens is 290 g/mol. The van der Waals surface area contributed by atoms with Gasteiger partial charge in [0.2, 0.25) is 0 Å². The number of amides is 1. The Kier molecular flexibility index (Phi) is 4.15. The fourth-order valence-electron chi connectivity index (χ4n) is 1.59. The Labute approximate surface area is 115 Å². The first-order valence-electron chi connectivity index (χ1n) is 5.72. The van der Waals surface area contributed by atoms with Crippen LogP contribution in [0.2, 0.25) is 0 Å². The number of nitrogens with one attached hydrogen (secondary N) is 1. The third-order valence-corrected chi connectivity index (χ3v) is 3.33. The molecule has 18 heavy (non-hydrogen) atoms. The molecular formula is C15H14BrNO. The Balaban J connectivity index is 2.08. The average molecular weight is 304 g/mol. The highest BCUT2D eigenvalue weighted by molar-refractivity contribution is 9.08. The lowest BCUT2D eigenvalue weighted by atomic mass is 10.1. The lowest BCUT2D eigenvalue weighted by Gasteiger charge is -2.06. The van der Waals surface area contributed by atoms with Gasteiger partial charge in [-0.05, 0) is 36.8 Å². The summed E-state index contributed by atoms with van der Waals surface area (Å²) in [7, 11) is 0. The van der Waals surface area contributed by atoms with Crippen molar-refractivity contribution in [1.82, 2.24) is 0 Å². The van der Waals surface area contributed by atoms with Gasteiger partial charge in [0.15, 0.2) is 0 Å². The molecule has 2 aromatic carbocycles. The summed E-state index contributed by atoms with van der Waals surface area (Å²) < 4.78 is 0. The molecule has 0 unspecified atom stereocenters. The Morgan fingerprint density at radius 3 is 2.22 bits per heavy atom. The normalized spacial score (nSPS) is 10.1. The number of alkyl halides is 1. The highest BCUT2D eigenvalue weighted by atomic mass is 79.9. The SMILES string of the molecule is Cc1ccc(C(=O)Nc2ccc(CBr)cc2)cc1. The predicted molar refractivity (Wildman–Crippen MR) is 78.2 cm³/mol. The molecule has 0 fully saturated rings. The summed E-state index contributed by atoms with van der Waals surface area (Å²) in [6, 6.07) is 15.3. The number of anilines is 1. The summed E-state index contributed by atoms with van der Waals surface area (Å²) in [6.45, 7) is 2.00. The van der Waals surface area contributed by atoms with E-state index in [1.54, 1.807) is 0 Å². The number of benzene rings is 2. The molecule has 0 bridgehead atoms. The molecule has 2 nitrogen and oxygen atoms in total. The first kappa shape index (κ1) is 12.8. The van der Waals surface area contributed by atoms with E-state index in [-0.39, 0.29) is 5.91 Å². The second kappa shape index (κ2) is 5.83. The van der Waals surface area contributed by atoms with Crippen LogP contribution >= 0.6 is 15.9 Å². The van der Waals surface area contributed by atoms with Crippen LogP contribution in [0.3, 0.4) is 0 Å². The van der Waals surface area contributed by atoms with E-state index < -0.39 is 0 Å². The summed E-state index contributed by atoms with van der Waals surface area (Å²) in [6.07, 6.45) is 0. The molecule has 0 atom stereocenters. The summed E-state index contributed by atoms with van der Waals surface area (Å²) in [5.41, 5.74) is 3.81. The summed E-state index contributed by atoms with van der Waals surface area (Å²) in [5, 5.41) is 3.69. The van der Waals surface area contributed by atoms with Crippen molar-refractivity contribution in [2.24, 2.45) is 0 Å². The van der Waals surface area contributed by atoms with E-state index in [1.807, 2.05) is 55.5 Å². The second-order valence-corrected chi connectivity index (χ2v) is 4.71. The first-order chi connectivity index (χ1) is 8.69. The number of carbonyl (C=O) groups is 1. The van der Waals surface area contributed by atoms with E-state index in [4.69, 9.17) is 0 Å². The number of hydrogen-bond acceptors (Lipinski definition) is 1. The molecule has 0 aromatic heterocycles. The Hall–Kier alpha value is -1.61. The summed E-state index contributed by atoms with van der Waals surface area (Å²) >= 11 is 3.39. The van der Waals surface area contributed by atoms with Crippen LogP contribution in [-0.2, 0) is 5.33 Å². The van der Waals surface area contributed by atoms with Crippen molar-refractivity contribution in [1.29, 1.82) is 0 Å². The Bertz CT molecular complexity index is 531. The van der Waals surface area contributed by atoms with Crippen LogP contribution in [0.5, 0.6) is 0 Å². The number of hydrogen-bond donors (Lipinski definition) is 1. The minimum absolute atomic E-state index is 0.0819. The van der Waals surface area contributed by atoms with E-state index in [0.29, 0.717) is 5.56 Å². The van der Waals surface area contributed by atoms with E-state index in [2.05, 4.69) is 21.2 Å². The number of aryl methyl sites for hydroxylation is 1. The Morgan fingerprint density at radius 1 is 1.06 bits per heavy atom. The third kappa shape index (κ3) is 3.20. The molecule has 1 amide bonds. The Morgan fingerprint density at radius 2 is 1.67 bits per heavy atom. The zero-order chi connectivity index (χ0) is 13.0. The van der Waals surface area contributed by atoms with Gasteiger partial charge in [-0.1, -0.05) is 45.8 Å². The van der Waals surface area contributed by atoms with Gasteiger partial charge in [0.25, 0.3) is 5.91 Å². The van der Waals surface area contributed by atoms with Crippen LogP contribution in [0, 0.1) is 6.92 Å². The van der Waals surface area contributed by atoms with Gasteiger partial charge in [0.05, 0.1) is 0 Å². The molecule has 0 aliphatic carbocycles. The molecule has 92 valence electrons. The molecule has 0 heterocycles. The van der Waals surface area contributed by atoms with E-state index in [9.17, 15) is 4.79 Å². The van der Waals surface area contributed by atoms with Gasteiger partial charge in [-0.3, -0.25) is 4.79 Å². The van der Waals surface area contributed by atoms with Crippen LogP contribution < -0.4 is 5.32 Å². The van der Waals surface area contributed by atoms with Crippen molar-refractivity contribution < 1.29 is 4.79 Å². The fourth-order valence-corrected chi connectivity index (χ4v) is 1.96. The van der Waals surface area contributed by atoms with Crippen molar-refractivity contribution >= 4 is 27.5 Å². The third-order valence-electron chi connectivity index (χ3n) is 2.68. The smallest absolute Gasteiger partial charge is 0.255 e. The first-order valence-corrected chi connectivity index (χ1v) is 6.84. The van der Waals surface area contributed by atoms with Crippen molar-refractivity contribution in [2.75, 3.05) is 5.32 Å². The van der Waals surface area contributed by atoms with Gasteiger partial charge in [-0.2, -0.15) is 0 Å². The molecule has 0 saturated heterocycles. The highest BCUT2D eigenvalue weighted by Gasteiger charge is 2.05. The quantitative estimate of drug-likeness (QED) is 0.848. The summed E-state index contributed by atoms with van der Waals surface area (Å²) in [4.78, 5) is 12.0. The van der Waals surface area contributed by atoms with Crippen LogP contribution in [0.25, 0.3) is 0 Å². The van der Waals surface area contributed by atoms with Crippen LogP contribution in [0.15, 0.2) is 48.5 Å². The lowest BCUT2D eigenvalue weighted by Crippen LogP contribution is -2.11. The zero-order valence-electron chi connectivity index (χ0n) is 10.1. The number of halogens is 1. The van der Waals surface area contributed by atoms with Gasteiger partial charge < -0.3 is 5.32 Å². The second-order valence-electron chi connectivity index (χ2n) is 4.15. The van der Waals surface area contributed by atoms with Crippen molar-refractivity contribution in [3.05, 3.63) is 65.2 Å². The summed E-state index contributed by atoms with van der Waals surface area (Å²) in [5.74, 6) is -0.0819. The topological polar surface area (TPSA) is 29.1 Å². The standard InChI is InChI=1S/C15H14BrNO/c1-11-2-6-13(7-3-11)15(18)17-14-8-4-12(10-16)5-9-14/h2-9H,10H2,1H3,(H,17,18). The van der Waals surface area contributed by atoms with Crippen molar-refractivity contribution in [3.63, 3.8) is 0 Å². The molecule has 0 spiro atoms. The van der Waals surface area contributed by atoms with E-state index >= 15 is 0 Å². The highest BCUT2D eigenvalue weighted by Crippen LogP contribution is 2.13. The molecule has 3 heteroatoms. The van der Waals surface area contributed by atoms with Gasteiger partial charge in [0.1, 0.15) is 0 Å². The largest absolute Gasteiger partial charge is 0.322 e. The minimum atomic E-state index is -0.0819. The zero-order valence-corrected chi connectivity index (χ0v) is 11.7. The van der Waals surface area contributed by atoms with E-state index in [0.717, 1.165) is 16.6 Å². The van der Waals surface area contributed by atoms with E-state index in [1.165, 1.54) is 5.56 Å². The predicted octanol–water partition coefficient (Wildman–Crippen LogP) is 4.14. The van der Waals surface area contributed by atoms with Crippen molar-refractivity contribution in [3.8, 4) is 0 Å². The maximum Gasteiger partial charge on any atom is 0.255 e.